The van der Waals surface area contributed by atoms with Crippen LogP contribution in [-0.2, 0) is 9.59 Å². The van der Waals surface area contributed by atoms with Gasteiger partial charge < -0.3 is 19.9 Å². The minimum absolute atomic E-state index is 0.209. The third kappa shape index (κ3) is 3.34. The van der Waals surface area contributed by atoms with Crippen LogP contribution in [0.1, 0.15) is 12.5 Å². The van der Waals surface area contributed by atoms with E-state index in [2.05, 4.69) is 10.6 Å². The van der Waals surface area contributed by atoms with Gasteiger partial charge in [0, 0.05) is 5.56 Å². The summed E-state index contributed by atoms with van der Waals surface area (Å²) in [6.07, 6.45) is 0.445. The highest BCUT2D eigenvalue weighted by atomic mass is 32.1. The molecule has 0 unspecified atom stereocenters. The fourth-order valence-corrected chi connectivity index (χ4v) is 2.00. The number of ether oxygens (including phenoxy) is 2. The molecular weight excluding hydrogens is 308 g/mol. The Morgan fingerprint density at radius 3 is 2.68 bits per heavy atom. The van der Waals surface area contributed by atoms with Crippen LogP contribution in [0.3, 0.4) is 0 Å². The molecule has 0 aromatic heterocycles. The summed E-state index contributed by atoms with van der Waals surface area (Å²) >= 11 is 4.86. The van der Waals surface area contributed by atoms with Crippen molar-refractivity contribution in [3.05, 3.63) is 29.5 Å². The monoisotopic (exact) mass is 322 g/mol. The molecule has 0 spiro atoms. The quantitative estimate of drug-likeness (QED) is 0.547. The molecule has 1 amide bonds. The second kappa shape index (κ2) is 6.44. The lowest BCUT2D eigenvalue weighted by molar-refractivity contribution is -0.144. The van der Waals surface area contributed by atoms with E-state index in [0.717, 1.165) is 0 Å². The molecule has 8 heteroatoms. The molecule has 1 aromatic rings. The molecule has 0 saturated carbocycles. The van der Waals surface area contributed by atoms with Crippen LogP contribution in [0.4, 0.5) is 0 Å². The maximum atomic E-state index is 11.7. The normalized spacial score (nSPS) is 16.9. The van der Waals surface area contributed by atoms with Crippen molar-refractivity contribution in [2.75, 3.05) is 7.11 Å². The van der Waals surface area contributed by atoms with Gasteiger partial charge in [0.05, 0.1) is 7.11 Å². The highest BCUT2D eigenvalue weighted by Crippen LogP contribution is 2.33. The summed E-state index contributed by atoms with van der Waals surface area (Å²) in [5.74, 6) is -0.879. The minimum atomic E-state index is -1.11. The zero-order valence-electron chi connectivity index (χ0n) is 11.9. The summed E-state index contributed by atoms with van der Waals surface area (Å²) in [6.45, 7) is 1.40. The van der Waals surface area contributed by atoms with Crippen molar-refractivity contribution in [3.63, 3.8) is 0 Å². The van der Waals surface area contributed by atoms with E-state index in [4.69, 9.17) is 26.8 Å². The van der Waals surface area contributed by atoms with Gasteiger partial charge in [-0.3, -0.25) is 10.1 Å². The molecule has 0 bridgehead atoms. The highest BCUT2D eigenvalue weighted by Gasteiger charge is 2.22. The first-order valence-electron chi connectivity index (χ1n) is 6.33. The first kappa shape index (κ1) is 15.8. The first-order chi connectivity index (χ1) is 10.4. The summed E-state index contributed by atoms with van der Waals surface area (Å²) in [5.41, 5.74) is 0.737. The Bertz CT molecular complexity index is 671. The molecule has 1 heterocycles. The van der Waals surface area contributed by atoms with Gasteiger partial charge in [-0.1, -0.05) is 12.1 Å². The van der Waals surface area contributed by atoms with Gasteiger partial charge in [-0.15, -0.1) is 0 Å². The maximum absolute atomic E-state index is 11.7. The van der Waals surface area contributed by atoms with E-state index in [1.54, 1.807) is 18.2 Å². The van der Waals surface area contributed by atoms with Gasteiger partial charge in [0.25, 0.3) is 5.91 Å². The third-order valence-corrected chi connectivity index (χ3v) is 3.10. The van der Waals surface area contributed by atoms with Crippen LogP contribution in [0.25, 0.3) is 6.08 Å². The maximum Gasteiger partial charge on any atom is 0.344 e. The predicted molar refractivity (Wildman–Crippen MR) is 82.6 cm³/mol. The van der Waals surface area contributed by atoms with Crippen LogP contribution >= 0.6 is 12.2 Å². The van der Waals surface area contributed by atoms with Crippen LogP contribution in [-0.4, -0.2) is 35.3 Å². The fraction of sp³-hybridized carbons (Fsp3) is 0.214. The van der Waals surface area contributed by atoms with Crippen molar-refractivity contribution < 1.29 is 24.2 Å². The molecule has 3 N–H and O–H groups in total. The first-order valence-corrected chi connectivity index (χ1v) is 6.73. The van der Waals surface area contributed by atoms with E-state index >= 15 is 0 Å². The Hall–Kier alpha value is -2.61. The molecule has 1 saturated heterocycles. The van der Waals surface area contributed by atoms with E-state index in [1.165, 1.54) is 20.1 Å². The van der Waals surface area contributed by atoms with Crippen LogP contribution in [0.5, 0.6) is 11.5 Å². The molecular formula is C14H14N2O5S. The third-order valence-electron chi connectivity index (χ3n) is 2.89. The van der Waals surface area contributed by atoms with Crippen molar-refractivity contribution in [1.29, 1.82) is 0 Å². The average Bonchev–Trinajstić information content (AvgIpc) is 2.78. The molecule has 2 rings (SSSR count). The molecule has 1 fully saturated rings. The zero-order chi connectivity index (χ0) is 16.3. The van der Waals surface area contributed by atoms with Gasteiger partial charge in [0.15, 0.2) is 22.7 Å². The van der Waals surface area contributed by atoms with Crippen molar-refractivity contribution in [1.82, 2.24) is 10.6 Å². The van der Waals surface area contributed by atoms with Gasteiger partial charge in [0.2, 0.25) is 0 Å². The number of carbonyl (C=O) groups is 2. The Kier molecular flexibility index (Phi) is 4.62. The van der Waals surface area contributed by atoms with Crippen LogP contribution < -0.4 is 20.1 Å². The number of nitrogens with one attached hydrogen (secondary N) is 2. The Labute approximate surface area is 131 Å². The lowest BCUT2D eigenvalue weighted by Crippen LogP contribution is -2.23. The predicted octanol–water partition coefficient (Wildman–Crippen LogP) is 0.892. The number of benzene rings is 1. The van der Waals surface area contributed by atoms with Crippen LogP contribution in [0, 0.1) is 0 Å². The Morgan fingerprint density at radius 1 is 1.41 bits per heavy atom. The average molecular weight is 322 g/mol. The van der Waals surface area contributed by atoms with Gasteiger partial charge in [-0.2, -0.15) is 0 Å². The number of thiocarbonyl (C=S) groups is 1. The number of carboxylic acids is 1. The fourth-order valence-electron chi connectivity index (χ4n) is 1.80. The van der Waals surface area contributed by atoms with E-state index in [9.17, 15) is 9.59 Å². The van der Waals surface area contributed by atoms with E-state index in [-0.39, 0.29) is 22.5 Å². The number of rotatable bonds is 5. The number of hydrogen-bond acceptors (Lipinski definition) is 5. The molecule has 1 aliphatic heterocycles. The number of carboxylic acid groups (broad SMARTS) is 1. The van der Waals surface area contributed by atoms with Crippen molar-refractivity contribution >= 4 is 35.3 Å². The number of methoxy groups -OCH3 is 1. The zero-order valence-corrected chi connectivity index (χ0v) is 12.7. The van der Waals surface area contributed by atoms with Gasteiger partial charge in [0.1, 0.15) is 5.70 Å². The SMILES string of the molecule is COc1cccc(/C=C2/NC(=S)NC2=O)c1O[C@@H](C)C(=O)O. The summed E-state index contributed by atoms with van der Waals surface area (Å²) < 4.78 is 10.6. The summed E-state index contributed by atoms with van der Waals surface area (Å²) in [6, 6.07) is 5.02. The number of aliphatic carboxylic acids is 1. The molecule has 1 atom stereocenters. The molecule has 116 valence electrons. The molecule has 22 heavy (non-hydrogen) atoms. The smallest absolute Gasteiger partial charge is 0.344 e. The standard InChI is InChI=1S/C14H14N2O5S/c1-7(13(18)19)21-11-8(4-3-5-10(11)20-2)6-9-12(17)16-14(22)15-9/h3-7H,1-2H3,(H,18,19)(H2,15,16,17,22)/b9-6+/t7-/m0/s1. The number of para-hydroxylation sites is 1. The van der Waals surface area contributed by atoms with Gasteiger partial charge >= 0.3 is 5.97 Å². The summed E-state index contributed by atoms with van der Waals surface area (Å²) in [7, 11) is 1.44. The van der Waals surface area contributed by atoms with Crippen molar-refractivity contribution in [3.8, 4) is 11.5 Å². The van der Waals surface area contributed by atoms with E-state index in [0.29, 0.717) is 11.3 Å². The summed E-state index contributed by atoms with van der Waals surface area (Å²) in [4.78, 5) is 22.7. The second-order valence-corrected chi connectivity index (χ2v) is 4.85. The van der Waals surface area contributed by atoms with Crippen molar-refractivity contribution in [2.45, 2.75) is 13.0 Å². The molecule has 0 aliphatic carbocycles. The molecule has 1 aromatic carbocycles. The van der Waals surface area contributed by atoms with Gasteiger partial charge in [-0.25, -0.2) is 4.79 Å². The lowest BCUT2D eigenvalue weighted by atomic mass is 10.1. The number of amides is 1. The number of hydrogen-bond donors (Lipinski definition) is 3. The van der Waals surface area contributed by atoms with Crippen LogP contribution in [0.2, 0.25) is 0 Å². The second-order valence-electron chi connectivity index (χ2n) is 4.44. The van der Waals surface area contributed by atoms with E-state index < -0.39 is 12.1 Å². The molecule has 7 nitrogen and oxygen atoms in total. The van der Waals surface area contributed by atoms with Crippen LogP contribution in [0.15, 0.2) is 23.9 Å². The van der Waals surface area contributed by atoms with E-state index in [1.807, 2.05) is 0 Å². The topological polar surface area (TPSA) is 96.9 Å². The molecule has 0 radical (unpaired) electrons. The summed E-state index contributed by atoms with van der Waals surface area (Å²) in [5, 5.41) is 14.3. The van der Waals surface area contributed by atoms with Crippen molar-refractivity contribution in [2.24, 2.45) is 0 Å². The number of carbonyl (C=O) groups excluding carboxylic acids is 1. The molecule has 1 aliphatic rings. The lowest BCUT2D eigenvalue weighted by Gasteiger charge is -2.16. The Balaban J connectivity index is 2.43. The largest absolute Gasteiger partial charge is 0.493 e. The van der Waals surface area contributed by atoms with Gasteiger partial charge in [-0.05, 0) is 31.3 Å². The highest BCUT2D eigenvalue weighted by molar-refractivity contribution is 7.80. The Morgan fingerprint density at radius 2 is 2.14 bits per heavy atom. The minimum Gasteiger partial charge on any atom is -0.493 e.